The molecule has 2 aromatic heterocycles. The summed E-state index contributed by atoms with van der Waals surface area (Å²) in [5, 5.41) is 9.90. The fourth-order valence-corrected chi connectivity index (χ4v) is 3.78. The lowest BCUT2D eigenvalue weighted by Crippen LogP contribution is -2.14. The van der Waals surface area contributed by atoms with Gasteiger partial charge in [-0.2, -0.15) is 11.3 Å². The maximum absolute atomic E-state index is 12.1. The number of hydrogen-bond donors (Lipinski definition) is 1. The van der Waals surface area contributed by atoms with Crippen LogP contribution in [0.25, 0.3) is 10.6 Å². The molecule has 3 nitrogen and oxygen atoms in total. The molecule has 2 heterocycles. The summed E-state index contributed by atoms with van der Waals surface area (Å²) in [5.74, 6) is -0.0520. The Hall–Kier alpha value is -1.50. The highest BCUT2D eigenvalue weighted by atomic mass is 79.9. The highest BCUT2D eigenvalue weighted by molar-refractivity contribution is 9.10. The molecule has 0 aliphatic heterocycles. The number of thiazole rings is 1. The second-order valence-corrected chi connectivity index (χ2v) is 7.34. The number of aromatic nitrogens is 1. The molecule has 22 heavy (non-hydrogen) atoms. The minimum atomic E-state index is -0.0520. The minimum absolute atomic E-state index is 0.0520. The molecule has 3 aromatic rings. The molecule has 0 bridgehead atoms. The Morgan fingerprint density at radius 2 is 2.18 bits per heavy atom. The van der Waals surface area contributed by atoms with E-state index in [-0.39, 0.29) is 12.3 Å². The first kappa shape index (κ1) is 15.4. The van der Waals surface area contributed by atoms with Crippen LogP contribution >= 0.6 is 38.6 Å². The smallest absolute Gasteiger partial charge is 0.230 e. The van der Waals surface area contributed by atoms with Crippen LogP contribution in [0.15, 0.2) is 44.9 Å². The van der Waals surface area contributed by atoms with Crippen molar-refractivity contribution >= 4 is 50.2 Å². The molecule has 0 saturated heterocycles. The van der Waals surface area contributed by atoms with Gasteiger partial charge >= 0.3 is 0 Å². The SMILES string of the molecule is Cc1cc(NC(=O)Cc2csc(-c3ccsc3)n2)ccc1Br. The minimum Gasteiger partial charge on any atom is -0.326 e. The first-order chi connectivity index (χ1) is 10.6. The number of amides is 1. The van der Waals surface area contributed by atoms with E-state index < -0.39 is 0 Å². The second kappa shape index (κ2) is 6.73. The topological polar surface area (TPSA) is 42.0 Å². The third kappa shape index (κ3) is 3.63. The number of carbonyl (C=O) groups is 1. The molecule has 112 valence electrons. The fraction of sp³-hybridized carbons (Fsp3) is 0.125. The molecule has 0 unspecified atom stereocenters. The molecular formula is C16H13BrN2OS2. The van der Waals surface area contributed by atoms with Crippen molar-refractivity contribution in [3.8, 4) is 10.6 Å². The second-order valence-electron chi connectivity index (χ2n) is 4.84. The molecule has 6 heteroatoms. The number of nitrogens with zero attached hydrogens (tertiary/aromatic N) is 1. The quantitative estimate of drug-likeness (QED) is 0.668. The van der Waals surface area contributed by atoms with Gasteiger partial charge in [-0.15, -0.1) is 11.3 Å². The zero-order valence-corrected chi connectivity index (χ0v) is 15.0. The Balaban J connectivity index is 1.65. The third-order valence-electron chi connectivity index (χ3n) is 3.10. The van der Waals surface area contributed by atoms with Gasteiger partial charge in [0.1, 0.15) is 5.01 Å². The van der Waals surface area contributed by atoms with Gasteiger partial charge in [0.15, 0.2) is 0 Å². The molecule has 0 saturated carbocycles. The van der Waals surface area contributed by atoms with Crippen LogP contribution in [0, 0.1) is 6.92 Å². The predicted molar refractivity (Wildman–Crippen MR) is 96.6 cm³/mol. The van der Waals surface area contributed by atoms with E-state index in [0.717, 1.165) is 32.0 Å². The summed E-state index contributed by atoms with van der Waals surface area (Å²) in [6, 6.07) is 7.80. The van der Waals surface area contributed by atoms with Gasteiger partial charge < -0.3 is 5.32 Å². The van der Waals surface area contributed by atoms with Crippen LogP contribution in [0.4, 0.5) is 5.69 Å². The van der Waals surface area contributed by atoms with Crippen LogP contribution < -0.4 is 5.32 Å². The monoisotopic (exact) mass is 392 g/mol. The molecule has 3 rings (SSSR count). The summed E-state index contributed by atoms with van der Waals surface area (Å²) in [5.41, 5.74) is 3.81. The van der Waals surface area contributed by atoms with Gasteiger partial charge in [0, 0.05) is 26.5 Å². The number of thiophene rings is 1. The van der Waals surface area contributed by atoms with Gasteiger partial charge in [-0.25, -0.2) is 4.98 Å². The number of aryl methyl sites for hydroxylation is 1. The van der Waals surface area contributed by atoms with Gasteiger partial charge in [0.2, 0.25) is 5.91 Å². The molecule has 0 aliphatic carbocycles. The Morgan fingerprint density at radius 1 is 1.32 bits per heavy atom. The van der Waals surface area contributed by atoms with Crippen molar-refractivity contribution < 1.29 is 4.79 Å². The first-order valence-electron chi connectivity index (χ1n) is 6.65. The van der Waals surface area contributed by atoms with Crippen molar-refractivity contribution in [1.82, 2.24) is 4.98 Å². The lowest BCUT2D eigenvalue weighted by molar-refractivity contribution is -0.115. The average molecular weight is 393 g/mol. The number of carbonyl (C=O) groups excluding carboxylic acids is 1. The van der Waals surface area contributed by atoms with E-state index in [0.29, 0.717) is 0 Å². The highest BCUT2D eigenvalue weighted by Crippen LogP contribution is 2.26. The predicted octanol–water partition coefficient (Wildman–Crippen LogP) is 5.12. The van der Waals surface area contributed by atoms with Crippen molar-refractivity contribution in [1.29, 1.82) is 0 Å². The molecule has 0 aliphatic rings. The van der Waals surface area contributed by atoms with E-state index in [2.05, 4.69) is 31.6 Å². The van der Waals surface area contributed by atoms with Gasteiger partial charge in [-0.1, -0.05) is 15.9 Å². The molecule has 1 N–H and O–H groups in total. The number of benzene rings is 1. The number of anilines is 1. The van der Waals surface area contributed by atoms with Crippen LogP contribution in [0.5, 0.6) is 0 Å². The number of nitrogens with one attached hydrogen (secondary N) is 1. The van der Waals surface area contributed by atoms with Crippen LogP contribution in [0.2, 0.25) is 0 Å². The summed E-state index contributed by atoms with van der Waals surface area (Å²) in [6.45, 7) is 1.99. The van der Waals surface area contributed by atoms with Crippen LogP contribution in [0.3, 0.4) is 0 Å². The Labute approximate surface area is 145 Å². The normalized spacial score (nSPS) is 10.6. The molecular weight excluding hydrogens is 380 g/mol. The summed E-state index contributed by atoms with van der Waals surface area (Å²) in [7, 11) is 0. The van der Waals surface area contributed by atoms with Crippen molar-refractivity contribution in [2.24, 2.45) is 0 Å². The van der Waals surface area contributed by atoms with Crippen molar-refractivity contribution in [3.05, 3.63) is 56.1 Å². The van der Waals surface area contributed by atoms with E-state index in [1.54, 1.807) is 22.7 Å². The Morgan fingerprint density at radius 3 is 2.91 bits per heavy atom. The van der Waals surface area contributed by atoms with E-state index in [4.69, 9.17) is 0 Å². The van der Waals surface area contributed by atoms with Crippen molar-refractivity contribution in [2.75, 3.05) is 5.32 Å². The van der Waals surface area contributed by atoms with E-state index in [1.807, 2.05) is 41.9 Å². The highest BCUT2D eigenvalue weighted by Gasteiger charge is 2.10. The summed E-state index contributed by atoms with van der Waals surface area (Å²) in [4.78, 5) is 16.6. The maximum Gasteiger partial charge on any atom is 0.230 e. The fourth-order valence-electron chi connectivity index (χ4n) is 2.00. The van der Waals surface area contributed by atoms with Gasteiger partial charge in [0.25, 0.3) is 0 Å². The first-order valence-corrected chi connectivity index (χ1v) is 9.26. The average Bonchev–Trinajstić information content (AvgIpc) is 3.13. The molecule has 0 radical (unpaired) electrons. The summed E-state index contributed by atoms with van der Waals surface area (Å²) < 4.78 is 1.03. The van der Waals surface area contributed by atoms with Crippen LogP contribution in [-0.4, -0.2) is 10.9 Å². The number of halogens is 1. The lowest BCUT2D eigenvalue weighted by atomic mass is 10.2. The molecule has 1 amide bonds. The standard InChI is InChI=1S/C16H13BrN2OS2/c1-10-6-12(2-3-14(10)17)18-15(20)7-13-9-22-16(19-13)11-4-5-21-8-11/h2-6,8-9H,7H2,1H3,(H,18,20). The summed E-state index contributed by atoms with van der Waals surface area (Å²) >= 11 is 6.67. The molecule has 0 spiro atoms. The van der Waals surface area contributed by atoms with Crippen LogP contribution in [0.1, 0.15) is 11.3 Å². The molecule has 0 fully saturated rings. The van der Waals surface area contributed by atoms with Crippen molar-refractivity contribution in [2.45, 2.75) is 13.3 Å². The van der Waals surface area contributed by atoms with Gasteiger partial charge in [-0.3, -0.25) is 4.79 Å². The van der Waals surface area contributed by atoms with Gasteiger partial charge in [-0.05, 0) is 42.1 Å². The number of hydrogen-bond acceptors (Lipinski definition) is 4. The maximum atomic E-state index is 12.1. The largest absolute Gasteiger partial charge is 0.326 e. The third-order valence-corrected chi connectivity index (χ3v) is 5.62. The lowest BCUT2D eigenvalue weighted by Gasteiger charge is -2.06. The van der Waals surface area contributed by atoms with Crippen LogP contribution in [-0.2, 0) is 11.2 Å². The van der Waals surface area contributed by atoms with E-state index in [9.17, 15) is 4.79 Å². The number of rotatable bonds is 4. The zero-order chi connectivity index (χ0) is 15.5. The Bertz CT molecular complexity index is 796. The zero-order valence-electron chi connectivity index (χ0n) is 11.8. The molecule has 1 aromatic carbocycles. The molecule has 0 atom stereocenters. The summed E-state index contributed by atoms with van der Waals surface area (Å²) in [6.07, 6.45) is 0.287. The Kier molecular flexibility index (Phi) is 4.71. The van der Waals surface area contributed by atoms with Crippen molar-refractivity contribution in [3.63, 3.8) is 0 Å². The van der Waals surface area contributed by atoms with E-state index in [1.165, 1.54) is 0 Å². The van der Waals surface area contributed by atoms with Gasteiger partial charge in [0.05, 0.1) is 12.1 Å². The van der Waals surface area contributed by atoms with E-state index >= 15 is 0 Å².